The van der Waals surface area contributed by atoms with Crippen LogP contribution in [-0.2, 0) is 11.2 Å². The van der Waals surface area contributed by atoms with Crippen LogP contribution < -0.4 is 5.32 Å². The summed E-state index contributed by atoms with van der Waals surface area (Å²) in [6.07, 6.45) is 5.93. The molecular formula is C19H22N2OS. The molecule has 0 spiro atoms. The lowest BCUT2D eigenvalue weighted by molar-refractivity contribution is -0.121. The SMILES string of the molecule is CCc1ccc(-c2csc(NC(=O)C3CC4CCC3C4)n2)cc1. The number of nitrogens with one attached hydrogen (secondary N) is 1. The molecule has 2 bridgehead atoms. The molecular weight excluding hydrogens is 304 g/mol. The number of fused-ring (bicyclic) bond motifs is 2. The van der Waals surface area contributed by atoms with E-state index in [0.29, 0.717) is 5.92 Å². The van der Waals surface area contributed by atoms with Gasteiger partial charge < -0.3 is 5.32 Å². The summed E-state index contributed by atoms with van der Waals surface area (Å²) < 4.78 is 0. The topological polar surface area (TPSA) is 42.0 Å². The van der Waals surface area contributed by atoms with E-state index >= 15 is 0 Å². The summed E-state index contributed by atoms with van der Waals surface area (Å²) in [7, 11) is 0. The minimum absolute atomic E-state index is 0.180. The Bertz CT molecular complexity index is 706. The number of anilines is 1. The highest BCUT2D eigenvalue weighted by Crippen LogP contribution is 2.48. The predicted molar refractivity (Wildman–Crippen MR) is 94.5 cm³/mol. The van der Waals surface area contributed by atoms with Gasteiger partial charge in [-0.25, -0.2) is 4.98 Å². The maximum absolute atomic E-state index is 12.5. The van der Waals surface area contributed by atoms with Gasteiger partial charge in [0.15, 0.2) is 5.13 Å². The molecule has 120 valence electrons. The van der Waals surface area contributed by atoms with Crippen LogP contribution in [0, 0.1) is 17.8 Å². The van der Waals surface area contributed by atoms with Crippen LogP contribution in [0.3, 0.4) is 0 Å². The molecule has 3 nitrogen and oxygen atoms in total. The molecule has 1 heterocycles. The van der Waals surface area contributed by atoms with Crippen molar-refractivity contribution in [1.29, 1.82) is 0 Å². The van der Waals surface area contributed by atoms with Crippen LogP contribution in [0.4, 0.5) is 5.13 Å². The van der Waals surface area contributed by atoms with Crippen LogP contribution in [0.2, 0.25) is 0 Å². The summed E-state index contributed by atoms with van der Waals surface area (Å²) in [6, 6.07) is 8.50. The van der Waals surface area contributed by atoms with E-state index in [1.165, 1.54) is 36.2 Å². The van der Waals surface area contributed by atoms with E-state index in [2.05, 4.69) is 41.5 Å². The van der Waals surface area contributed by atoms with E-state index in [4.69, 9.17) is 0 Å². The van der Waals surface area contributed by atoms with Gasteiger partial charge in [0, 0.05) is 16.9 Å². The Labute approximate surface area is 141 Å². The largest absolute Gasteiger partial charge is 0.302 e. The van der Waals surface area contributed by atoms with Crippen LogP contribution in [0.5, 0.6) is 0 Å². The van der Waals surface area contributed by atoms with Crippen LogP contribution in [-0.4, -0.2) is 10.9 Å². The molecule has 2 aliphatic rings. The Morgan fingerprint density at radius 2 is 2.09 bits per heavy atom. The average Bonchev–Trinajstić information content (AvgIpc) is 3.31. The molecule has 0 radical (unpaired) electrons. The molecule has 1 aromatic heterocycles. The van der Waals surface area contributed by atoms with E-state index in [-0.39, 0.29) is 11.8 Å². The van der Waals surface area contributed by atoms with Gasteiger partial charge in [-0.05, 0) is 43.1 Å². The Morgan fingerprint density at radius 1 is 1.26 bits per heavy atom. The zero-order valence-electron chi connectivity index (χ0n) is 13.4. The lowest BCUT2D eigenvalue weighted by Crippen LogP contribution is -2.27. The fourth-order valence-corrected chi connectivity index (χ4v) is 4.86. The van der Waals surface area contributed by atoms with Gasteiger partial charge in [0.1, 0.15) is 0 Å². The number of hydrogen-bond donors (Lipinski definition) is 1. The first-order valence-electron chi connectivity index (χ1n) is 8.58. The number of benzene rings is 1. The van der Waals surface area contributed by atoms with Crippen LogP contribution >= 0.6 is 11.3 Å². The van der Waals surface area contributed by atoms with Gasteiger partial charge in [0.05, 0.1) is 5.69 Å². The first-order valence-corrected chi connectivity index (χ1v) is 9.46. The standard InChI is InChI=1S/C19H22N2OS/c1-2-12-3-6-14(7-4-12)17-11-23-19(20-17)21-18(22)16-10-13-5-8-15(16)9-13/h3-4,6-7,11,13,15-16H,2,5,8-10H2,1H3,(H,20,21,22). The molecule has 0 aliphatic heterocycles. The molecule has 3 atom stereocenters. The van der Waals surface area contributed by atoms with E-state index in [9.17, 15) is 4.79 Å². The van der Waals surface area contributed by atoms with E-state index < -0.39 is 0 Å². The van der Waals surface area contributed by atoms with Crippen molar-refractivity contribution in [1.82, 2.24) is 4.98 Å². The normalized spacial score (nSPS) is 25.7. The molecule has 2 saturated carbocycles. The minimum atomic E-state index is 0.180. The second-order valence-corrected chi connectivity index (χ2v) is 7.72. The van der Waals surface area contributed by atoms with Gasteiger partial charge in [-0.2, -0.15) is 0 Å². The highest BCUT2D eigenvalue weighted by Gasteiger charge is 2.43. The third-order valence-corrected chi connectivity index (χ3v) is 6.22. The molecule has 2 aromatic rings. The number of nitrogens with zero attached hydrogens (tertiary/aromatic N) is 1. The van der Waals surface area contributed by atoms with Crippen molar-refractivity contribution in [3.8, 4) is 11.3 Å². The fourth-order valence-electron chi connectivity index (χ4n) is 4.14. The molecule has 1 aromatic carbocycles. The predicted octanol–water partition coefficient (Wildman–Crippen LogP) is 4.75. The van der Waals surface area contributed by atoms with Crippen LogP contribution in [0.1, 0.15) is 38.2 Å². The Balaban J connectivity index is 1.44. The van der Waals surface area contributed by atoms with Gasteiger partial charge in [-0.3, -0.25) is 4.79 Å². The highest BCUT2D eigenvalue weighted by molar-refractivity contribution is 7.14. The average molecular weight is 326 g/mol. The van der Waals surface area contributed by atoms with Crippen molar-refractivity contribution in [2.45, 2.75) is 39.0 Å². The molecule has 1 N–H and O–H groups in total. The second kappa shape index (κ2) is 6.08. The Hall–Kier alpha value is -1.68. The maximum atomic E-state index is 12.5. The van der Waals surface area contributed by atoms with Crippen molar-refractivity contribution in [3.05, 3.63) is 35.2 Å². The van der Waals surface area contributed by atoms with Crippen LogP contribution in [0.25, 0.3) is 11.3 Å². The molecule has 4 rings (SSSR count). The summed E-state index contributed by atoms with van der Waals surface area (Å²) in [5.41, 5.74) is 3.38. The van der Waals surface area contributed by atoms with E-state index in [0.717, 1.165) is 35.1 Å². The highest BCUT2D eigenvalue weighted by atomic mass is 32.1. The lowest BCUT2D eigenvalue weighted by atomic mass is 9.88. The number of thiazole rings is 1. The number of aromatic nitrogens is 1. The van der Waals surface area contributed by atoms with E-state index in [1.807, 2.05) is 5.38 Å². The Kier molecular flexibility index (Phi) is 3.93. The third kappa shape index (κ3) is 2.92. The summed E-state index contributed by atoms with van der Waals surface area (Å²) in [4.78, 5) is 17.1. The van der Waals surface area contributed by atoms with E-state index in [1.54, 1.807) is 0 Å². The summed E-state index contributed by atoms with van der Waals surface area (Å²) in [6.45, 7) is 2.15. The van der Waals surface area contributed by atoms with Gasteiger partial charge in [-0.1, -0.05) is 37.6 Å². The monoisotopic (exact) mass is 326 g/mol. The third-order valence-electron chi connectivity index (χ3n) is 5.47. The molecule has 2 aliphatic carbocycles. The van der Waals surface area contributed by atoms with Crippen molar-refractivity contribution < 1.29 is 4.79 Å². The van der Waals surface area contributed by atoms with Crippen molar-refractivity contribution in [2.24, 2.45) is 17.8 Å². The van der Waals surface area contributed by atoms with Gasteiger partial charge in [-0.15, -0.1) is 11.3 Å². The van der Waals surface area contributed by atoms with Crippen molar-refractivity contribution in [3.63, 3.8) is 0 Å². The summed E-state index contributed by atoms with van der Waals surface area (Å²) in [5, 5.41) is 5.80. The number of carbonyl (C=O) groups excluding carboxylic acids is 1. The number of aryl methyl sites for hydroxylation is 1. The number of carbonyl (C=O) groups is 1. The molecule has 0 saturated heterocycles. The van der Waals surface area contributed by atoms with Gasteiger partial charge >= 0.3 is 0 Å². The molecule has 3 unspecified atom stereocenters. The molecule has 2 fully saturated rings. The first-order chi connectivity index (χ1) is 11.2. The smallest absolute Gasteiger partial charge is 0.229 e. The number of amides is 1. The maximum Gasteiger partial charge on any atom is 0.229 e. The molecule has 23 heavy (non-hydrogen) atoms. The Morgan fingerprint density at radius 3 is 2.74 bits per heavy atom. The van der Waals surface area contributed by atoms with Crippen molar-refractivity contribution >= 4 is 22.4 Å². The first kappa shape index (κ1) is 14.9. The zero-order valence-corrected chi connectivity index (χ0v) is 14.2. The van der Waals surface area contributed by atoms with Crippen LogP contribution in [0.15, 0.2) is 29.6 Å². The van der Waals surface area contributed by atoms with Gasteiger partial charge in [0.2, 0.25) is 5.91 Å². The lowest BCUT2D eigenvalue weighted by Gasteiger charge is -2.19. The second-order valence-electron chi connectivity index (χ2n) is 6.86. The molecule has 4 heteroatoms. The van der Waals surface area contributed by atoms with Crippen molar-refractivity contribution in [2.75, 3.05) is 5.32 Å². The number of rotatable bonds is 4. The number of hydrogen-bond acceptors (Lipinski definition) is 3. The summed E-state index contributed by atoms with van der Waals surface area (Å²) >= 11 is 1.52. The fraction of sp³-hybridized carbons (Fsp3) is 0.474. The molecule has 1 amide bonds. The minimum Gasteiger partial charge on any atom is -0.302 e. The summed E-state index contributed by atoms with van der Waals surface area (Å²) in [5.74, 6) is 1.80. The van der Waals surface area contributed by atoms with Gasteiger partial charge in [0.25, 0.3) is 0 Å². The zero-order chi connectivity index (χ0) is 15.8. The quantitative estimate of drug-likeness (QED) is 0.881.